The second-order valence-corrected chi connectivity index (χ2v) is 4.65. The fourth-order valence-electron chi connectivity index (χ4n) is 2.44. The Bertz CT molecular complexity index is 353. The largest absolute Gasteiger partial charge is 0.374 e. The standard InChI is InChI=1S/C12H21N3O2/c1-8(16-3)11-14-12(17-15-11)9-6-4-5-7-10(9)13-2/h8-10,13H,4-7H2,1-3H3. The van der Waals surface area contributed by atoms with Crippen molar-refractivity contribution < 1.29 is 9.26 Å². The molecular weight excluding hydrogens is 218 g/mol. The molecule has 0 saturated heterocycles. The maximum Gasteiger partial charge on any atom is 0.231 e. The number of methoxy groups -OCH3 is 1. The van der Waals surface area contributed by atoms with E-state index < -0.39 is 0 Å². The third kappa shape index (κ3) is 2.66. The van der Waals surface area contributed by atoms with Gasteiger partial charge in [-0.3, -0.25) is 0 Å². The van der Waals surface area contributed by atoms with Crippen LogP contribution in [0.15, 0.2) is 4.52 Å². The lowest BCUT2D eigenvalue weighted by Gasteiger charge is -2.28. The second-order valence-electron chi connectivity index (χ2n) is 4.65. The van der Waals surface area contributed by atoms with Crippen molar-refractivity contribution in [3.63, 3.8) is 0 Å². The molecular formula is C12H21N3O2. The van der Waals surface area contributed by atoms with Gasteiger partial charge in [0.05, 0.1) is 5.92 Å². The highest BCUT2D eigenvalue weighted by atomic mass is 16.5. The molecule has 3 unspecified atom stereocenters. The van der Waals surface area contributed by atoms with E-state index >= 15 is 0 Å². The van der Waals surface area contributed by atoms with Gasteiger partial charge in [-0.15, -0.1) is 0 Å². The number of rotatable bonds is 4. The van der Waals surface area contributed by atoms with Crippen molar-refractivity contribution in [2.45, 2.75) is 50.7 Å². The van der Waals surface area contributed by atoms with Crippen LogP contribution in [0.4, 0.5) is 0 Å². The van der Waals surface area contributed by atoms with Crippen molar-refractivity contribution in [2.75, 3.05) is 14.2 Å². The van der Waals surface area contributed by atoms with Gasteiger partial charge in [0.1, 0.15) is 6.10 Å². The van der Waals surface area contributed by atoms with E-state index in [1.165, 1.54) is 19.3 Å². The molecule has 1 fully saturated rings. The third-order valence-electron chi connectivity index (χ3n) is 3.63. The molecule has 0 aliphatic heterocycles. The summed E-state index contributed by atoms with van der Waals surface area (Å²) in [5.41, 5.74) is 0. The topological polar surface area (TPSA) is 60.2 Å². The van der Waals surface area contributed by atoms with Crippen molar-refractivity contribution >= 4 is 0 Å². The lowest BCUT2D eigenvalue weighted by molar-refractivity contribution is 0.109. The maximum atomic E-state index is 5.38. The molecule has 1 saturated carbocycles. The first-order chi connectivity index (χ1) is 8.26. The Kier molecular flexibility index (Phi) is 4.12. The molecule has 1 N–H and O–H groups in total. The Morgan fingerprint density at radius 1 is 1.41 bits per heavy atom. The van der Waals surface area contributed by atoms with Gasteiger partial charge in [0.15, 0.2) is 5.82 Å². The SMILES string of the molecule is CNC1CCCCC1c1nc(C(C)OC)no1. The van der Waals surface area contributed by atoms with Crippen LogP contribution in [-0.4, -0.2) is 30.3 Å². The number of nitrogens with zero attached hydrogens (tertiary/aromatic N) is 2. The van der Waals surface area contributed by atoms with Crippen molar-refractivity contribution in [2.24, 2.45) is 0 Å². The molecule has 3 atom stereocenters. The highest BCUT2D eigenvalue weighted by Gasteiger charge is 2.30. The molecule has 1 aliphatic carbocycles. The molecule has 5 heteroatoms. The minimum absolute atomic E-state index is 0.107. The van der Waals surface area contributed by atoms with Gasteiger partial charge in [-0.2, -0.15) is 4.98 Å². The van der Waals surface area contributed by atoms with Crippen LogP contribution in [0.25, 0.3) is 0 Å². The highest BCUT2D eigenvalue weighted by Crippen LogP contribution is 2.32. The van der Waals surface area contributed by atoms with Crippen molar-refractivity contribution in [1.82, 2.24) is 15.5 Å². The molecule has 1 aliphatic rings. The number of nitrogens with one attached hydrogen (secondary N) is 1. The molecule has 0 radical (unpaired) electrons. The predicted octanol–water partition coefficient (Wildman–Crippen LogP) is 2.02. The summed E-state index contributed by atoms with van der Waals surface area (Å²) in [7, 11) is 3.65. The second kappa shape index (κ2) is 5.60. The number of hydrogen-bond acceptors (Lipinski definition) is 5. The molecule has 0 bridgehead atoms. The molecule has 2 rings (SSSR count). The summed E-state index contributed by atoms with van der Waals surface area (Å²) in [4.78, 5) is 4.46. The van der Waals surface area contributed by atoms with Gasteiger partial charge in [-0.05, 0) is 26.8 Å². The van der Waals surface area contributed by atoms with Gasteiger partial charge in [0, 0.05) is 13.2 Å². The Hall–Kier alpha value is -0.940. The molecule has 1 heterocycles. The zero-order chi connectivity index (χ0) is 12.3. The molecule has 1 aromatic rings. The summed E-state index contributed by atoms with van der Waals surface area (Å²) < 4.78 is 10.6. The quantitative estimate of drug-likeness (QED) is 0.871. The molecule has 96 valence electrons. The minimum atomic E-state index is -0.107. The molecule has 17 heavy (non-hydrogen) atoms. The van der Waals surface area contributed by atoms with E-state index in [1.807, 2.05) is 14.0 Å². The first kappa shape index (κ1) is 12.5. The highest BCUT2D eigenvalue weighted by molar-refractivity contribution is 5.02. The zero-order valence-corrected chi connectivity index (χ0v) is 10.8. The van der Waals surface area contributed by atoms with E-state index in [0.717, 1.165) is 12.3 Å². The number of ether oxygens (including phenoxy) is 1. The molecule has 0 aromatic carbocycles. The number of aromatic nitrogens is 2. The van der Waals surface area contributed by atoms with Gasteiger partial charge in [0.25, 0.3) is 0 Å². The van der Waals surface area contributed by atoms with Crippen LogP contribution >= 0.6 is 0 Å². The van der Waals surface area contributed by atoms with Crippen LogP contribution in [0, 0.1) is 0 Å². The van der Waals surface area contributed by atoms with Gasteiger partial charge in [0.2, 0.25) is 5.89 Å². The van der Waals surface area contributed by atoms with Crippen LogP contribution in [0.5, 0.6) is 0 Å². The fraction of sp³-hybridized carbons (Fsp3) is 0.833. The van der Waals surface area contributed by atoms with Crippen LogP contribution in [0.3, 0.4) is 0 Å². The van der Waals surface area contributed by atoms with E-state index in [2.05, 4.69) is 15.5 Å². The summed E-state index contributed by atoms with van der Waals surface area (Å²) in [6.07, 6.45) is 4.70. The van der Waals surface area contributed by atoms with Crippen molar-refractivity contribution in [1.29, 1.82) is 0 Å². The number of likely N-dealkylation sites (N-methyl/N-ethyl adjacent to an activating group) is 1. The first-order valence-electron chi connectivity index (χ1n) is 6.29. The van der Waals surface area contributed by atoms with E-state index in [0.29, 0.717) is 17.8 Å². The number of hydrogen-bond donors (Lipinski definition) is 1. The minimum Gasteiger partial charge on any atom is -0.374 e. The summed E-state index contributed by atoms with van der Waals surface area (Å²) in [5.74, 6) is 1.74. The zero-order valence-electron chi connectivity index (χ0n) is 10.8. The van der Waals surface area contributed by atoms with E-state index in [9.17, 15) is 0 Å². The lowest BCUT2D eigenvalue weighted by Crippen LogP contribution is -2.34. The molecule has 5 nitrogen and oxygen atoms in total. The summed E-state index contributed by atoms with van der Waals surface area (Å²) >= 11 is 0. The predicted molar refractivity (Wildman–Crippen MR) is 63.8 cm³/mol. The van der Waals surface area contributed by atoms with Crippen LogP contribution < -0.4 is 5.32 Å². The van der Waals surface area contributed by atoms with Crippen molar-refractivity contribution in [3.8, 4) is 0 Å². The molecule has 0 amide bonds. The molecule has 0 spiro atoms. The Morgan fingerprint density at radius 3 is 2.88 bits per heavy atom. The van der Waals surface area contributed by atoms with E-state index in [-0.39, 0.29) is 6.10 Å². The lowest BCUT2D eigenvalue weighted by atomic mass is 9.84. The summed E-state index contributed by atoms with van der Waals surface area (Å²) in [5, 5.41) is 7.34. The van der Waals surface area contributed by atoms with Gasteiger partial charge in [-0.25, -0.2) is 0 Å². The summed E-state index contributed by atoms with van der Waals surface area (Å²) in [6, 6.07) is 0.454. The van der Waals surface area contributed by atoms with Crippen LogP contribution in [0.1, 0.15) is 56.3 Å². The van der Waals surface area contributed by atoms with Crippen LogP contribution in [0.2, 0.25) is 0 Å². The van der Waals surface area contributed by atoms with E-state index in [1.54, 1.807) is 7.11 Å². The average molecular weight is 239 g/mol. The monoisotopic (exact) mass is 239 g/mol. The maximum absolute atomic E-state index is 5.38. The average Bonchev–Trinajstić information content (AvgIpc) is 2.87. The Labute approximate surface area is 102 Å². The Balaban J connectivity index is 2.12. The first-order valence-corrected chi connectivity index (χ1v) is 6.29. The smallest absolute Gasteiger partial charge is 0.231 e. The Morgan fingerprint density at radius 2 is 2.18 bits per heavy atom. The third-order valence-corrected chi connectivity index (χ3v) is 3.63. The van der Waals surface area contributed by atoms with Gasteiger partial charge in [-0.1, -0.05) is 18.0 Å². The summed E-state index contributed by atoms with van der Waals surface area (Å²) in [6.45, 7) is 1.92. The van der Waals surface area contributed by atoms with Crippen molar-refractivity contribution in [3.05, 3.63) is 11.7 Å². The van der Waals surface area contributed by atoms with Crippen LogP contribution in [-0.2, 0) is 4.74 Å². The fourth-order valence-corrected chi connectivity index (χ4v) is 2.44. The van der Waals surface area contributed by atoms with E-state index in [4.69, 9.17) is 9.26 Å². The normalized spacial score (nSPS) is 27.0. The van der Waals surface area contributed by atoms with Gasteiger partial charge >= 0.3 is 0 Å². The van der Waals surface area contributed by atoms with Gasteiger partial charge < -0.3 is 14.6 Å². The molecule has 1 aromatic heterocycles.